The Labute approximate surface area is 118 Å². The van der Waals surface area contributed by atoms with Gasteiger partial charge in [-0.05, 0) is 26.8 Å². The van der Waals surface area contributed by atoms with Crippen LogP contribution in [0.15, 0.2) is 6.07 Å². The molecule has 0 fully saturated rings. The summed E-state index contributed by atoms with van der Waals surface area (Å²) in [6.07, 6.45) is 0. The average molecular weight is 293 g/mol. The van der Waals surface area contributed by atoms with Crippen LogP contribution in [0.1, 0.15) is 20.8 Å². The van der Waals surface area contributed by atoms with Gasteiger partial charge < -0.3 is 14.8 Å². The molecule has 4 nitrogen and oxygen atoms in total. The van der Waals surface area contributed by atoms with Crippen molar-refractivity contribution in [1.29, 1.82) is 0 Å². The number of anilines is 1. The van der Waals surface area contributed by atoms with E-state index in [1.165, 1.54) is 0 Å². The van der Waals surface area contributed by atoms with Crippen LogP contribution in [0.3, 0.4) is 0 Å². The summed E-state index contributed by atoms with van der Waals surface area (Å²) in [4.78, 5) is 4.17. The van der Waals surface area contributed by atoms with Crippen molar-refractivity contribution >= 4 is 29.0 Å². The average Bonchev–Trinajstić information content (AvgIpc) is 2.25. The molecule has 0 unspecified atom stereocenters. The summed E-state index contributed by atoms with van der Waals surface area (Å²) in [7, 11) is 1.73. The Balaban J connectivity index is 2.57. The Kier molecular flexibility index (Phi) is 5.50. The molecular formula is C12H18Cl2N2O2. The summed E-state index contributed by atoms with van der Waals surface area (Å²) in [5.74, 6) is 0.885. The van der Waals surface area contributed by atoms with Gasteiger partial charge in [-0.1, -0.05) is 23.2 Å². The van der Waals surface area contributed by atoms with Gasteiger partial charge in [-0.3, -0.25) is 0 Å². The highest BCUT2D eigenvalue weighted by molar-refractivity contribution is 6.36. The van der Waals surface area contributed by atoms with Crippen molar-refractivity contribution in [2.45, 2.75) is 26.4 Å². The lowest BCUT2D eigenvalue weighted by atomic mass is 10.2. The monoisotopic (exact) mass is 292 g/mol. The van der Waals surface area contributed by atoms with Gasteiger partial charge in [0.25, 0.3) is 0 Å². The fourth-order valence-corrected chi connectivity index (χ4v) is 1.72. The molecule has 18 heavy (non-hydrogen) atoms. The summed E-state index contributed by atoms with van der Waals surface area (Å²) in [6.45, 7) is 6.81. The lowest BCUT2D eigenvalue weighted by Gasteiger charge is -2.19. The standard InChI is InChI=1S/C12H18Cl2N2O2/c1-12(2,3)18-6-5-17-11-9(14)7-8(13)10(15-4)16-11/h7H,5-6H2,1-4H3,(H,15,16). The molecule has 0 spiro atoms. The highest BCUT2D eigenvalue weighted by atomic mass is 35.5. The summed E-state index contributed by atoms with van der Waals surface area (Å²) in [6, 6.07) is 1.60. The van der Waals surface area contributed by atoms with Crippen LogP contribution in [-0.4, -0.2) is 30.8 Å². The molecule has 1 aromatic rings. The van der Waals surface area contributed by atoms with E-state index in [2.05, 4.69) is 10.3 Å². The molecular weight excluding hydrogens is 275 g/mol. The molecule has 102 valence electrons. The molecule has 1 rings (SSSR count). The molecule has 0 radical (unpaired) electrons. The van der Waals surface area contributed by atoms with Gasteiger partial charge in [0, 0.05) is 7.05 Å². The molecule has 1 heterocycles. The predicted octanol–water partition coefficient (Wildman–Crippen LogP) is 3.62. The molecule has 0 aromatic carbocycles. The maximum Gasteiger partial charge on any atom is 0.234 e. The third kappa shape index (κ3) is 4.88. The van der Waals surface area contributed by atoms with Crippen LogP contribution in [0, 0.1) is 0 Å². The van der Waals surface area contributed by atoms with E-state index in [1.54, 1.807) is 13.1 Å². The van der Waals surface area contributed by atoms with Gasteiger partial charge in [0.05, 0.1) is 17.2 Å². The predicted molar refractivity (Wildman–Crippen MR) is 75.0 cm³/mol. The molecule has 0 aliphatic rings. The molecule has 0 saturated carbocycles. The Bertz CT molecular complexity index is 406. The van der Waals surface area contributed by atoms with Crippen LogP contribution in [0.25, 0.3) is 0 Å². The molecule has 0 saturated heterocycles. The van der Waals surface area contributed by atoms with E-state index in [0.29, 0.717) is 35.0 Å². The van der Waals surface area contributed by atoms with E-state index < -0.39 is 0 Å². The lowest BCUT2D eigenvalue weighted by molar-refractivity contribution is -0.0167. The maximum atomic E-state index is 5.99. The number of nitrogens with one attached hydrogen (secondary N) is 1. The highest BCUT2D eigenvalue weighted by Gasteiger charge is 2.12. The number of aromatic nitrogens is 1. The minimum Gasteiger partial charge on any atom is -0.474 e. The van der Waals surface area contributed by atoms with Crippen LogP contribution < -0.4 is 10.1 Å². The van der Waals surface area contributed by atoms with Crippen molar-refractivity contribution in [2.24, 2.45) is 0 Å². The van der Waals surface area contributed by atoms with Crippen LogP contribution in [0.5, 0.6) is 5.88 Å². The molecule has 6 heteroatoms. The van der Waals surface area contributed by atoms with Crippen LogP contribution in [-0.2, 0) is 4.74 Å². The Morgan fingerprint density at radius 1 is 1.22 bits per heavy atom. The van der Waals surface area contributed by atoms with Gasteiger partial charge in [-0.15, -0.1) is 0 Å². The first-order valence-electron chi connectivity index (χ1n) is 5.64. The number of hydrogen-bond acceptors (Lipinski definition) is 4. The summed E-state index contributed by atoms with van der Waals surface area (Å²) >= 11 is 11.9. The molecule has 0 aliphatic heterocycles. The molecule has 0 aliphatic carbocycles. The second-order valence-electron chi connectivity index (χ2n) is 4.67. The first-order chi connectivity index (χ1) is 8.33. The summed E-state index contributed by atoms with van der Waals surface area (Å²) in [5.41, 5.74) is -0.184. The van der Waals surface area contributed by atoms with Gasteiger partial charge >= 0.3 is 0 Å². The zero-order valence-electron chi connectivity index (χ0n) is 11.0. The first-order valence-corrected chi connectivity index (χ1v) is 6.39. The Hall–Kier alpha value is -0.710. The van der Waals surface area contributed by atoms with Crippen molar-refractivity contribution in [3.63, 3.8) is 0 Å². The highest BCUT2D eigenvalue weighted by Crippen LogP contribution is 2.30. The van der Waals surface area contributed by atoms with Crippen LogP contribution >= 0.6 is 23.2 Å². The van der Waals surface area contributed by atoms with E-state index in [0.717, 1.165) is 0 Å². The normalized spacial score (nSPS) is 11.4. The fraction of sp³-hybridized carbons (Fsp3) is 0.583. The molecule has 1 N–H and O–H groups in total. The quantitative estimate of drug-likeness (QED) is 0.842. The molecule has 0 atom stereocenters. The van der Waals surface area contributed by atoms with Crippen molar-refractivity contribution in [3.8, 4) is 5.88 Å². The van der Waals surface area contributed by atoms with E-state index in [4.69, 9.17) is 32.7 Å². The van der Waals surface area contributed by atoms with Gasteiger partial charge in [-0.25, -0.2) is 0 Å². The largest absolute Gasteiger partial charge is 0.474 e. The second kappa shape index (κ2) is 6.45. The zero-order chi connectivity index (χ0) is 13.8. The van der Waals surface area contributed by atoms with Crippen molar-refractivity contribution in [3.05, 3.63) is 16.1 Å². The van der Waals surface area contributed by atoms with Crippen LogP contribution in [0.2, 0.25) is 10.0 Å². The van der Waals surface area contributed by atoms with Crippen LogP contribution in [0.4, 0.5) is 5.82 Å². The fourth-order valence-electron chi connectivity index (χ4n) is 1.21. The number of hydrogen-bond donors (Lipinski definition) is 1. The van der Waals surface area contributed by atoms with E-state index in [1.807, 2.05) is 20.8 Å². The van der Waals surface area contributed by atoms with Gasteiger partial charge in [0.1, 0.15) is 17.4 Å². The lowest BCUT2D eigenvalue weighted by Crippen LogP contribution is -2.22. The van der Waals surface area contributed by atoms with Gasteiger partial charge in [0.2, 0.25) is 5.88 Å². The maximum absolute atomic E-state index is 5.99. The van der Waals surface area contributed by atoms with Gasteiger partial charge in [0.15, 0.2) is 0 Å². The molecule has 1 aromatic heterocycles. The smallest absolute Gasteiger partial charge is 0.234 e. The van der Waals surface area contributed by atoms with E-state index in [9.17, 15) is 0 Å². The third-order valence-corrected chi connectivity index (χ3v) is 2.55. The second-order valence-corrected chi connectivity index (χ2v) is 5.48. The van der Waals surface area contributed by atoms with Crippen molar-refractivity contribution < 1.29 is 9.47 Å². The van der Waals surface area contributed by atoms with E-state index >= 15 is 0 Å². The number of ether oxygens (including phenoxy) is 2. The van der Waals surface area contributed by atoms with Crippen molar-refractivity contribution in [1.82, 2.24) is 4.98 Å². The number of rotatable bonds is 5. The number of nitrogens with zero attached hydrogens (tertiary/aromatic N) is 1. The summed E-state index contributed by atoms with van der Waals surface area (Å²) < 4.78 is 11.0. The molecule has 0 amide bonds. The topological polar surface area (TPSA) is 43.4 Å². The minimum absolute atomic E-state index is 0.184. The summed E-state index contributed by atoms with van der Waals surface area (Å²) in [5, 5.41) is 3.71. The SMILES string of the molecule is CNc1nc(OCCOC(C)(C)C)c(Cl)cc1Cl. The molecule has 0 bridgehead atoms. The van der Waals surface area contributed by atoms with E-state index in [-0.39, 0.29) is 5.60 Å². The number of pyridine rings is 1. The third-order valence-electron chi connectivity index (χ3n) is 1.99. The number of halogens is 2. The first kappa shape index (κ1) is 15.3. The van der Waals surface area contributed by atoms with Gasteiger partial charge in [-0.2, -0.15) is 4.98 Å². The zero-order valence-corrected chi connectivity index (χ0v) is 12.5. The Morgan fingerprint density at radius 3 is 2.44 bits per heavy atom. The Morgan fingerprint density at radius 2 is 1.89 bits per heavy atom. The minimum atomic E-state index is -0.184. The van der Waals surface area contributed by atoms with Crippen molar-refractivity contribution in [2.75, 3.05) is 25.6 Å².